The Bertz CT molecular complexity index is 170. The molecule has 0 aliphatic rings. The van der Waals surface area contributed by atoms with Crippen molar-refractivity contribution >= 4 is 5.91 Å². The molecule has 0 rings (SSSR count). The topological polar surface area (TPSA) is 89.8 Å². The second-order valence-electron chi connectivity index (χ2n) is 3.56. The fourth-order valence-corrected chi connectivity index (χ4v) is 0.717. The molecule has 0 aromatic carbocycles. The Morgan fingerprint density at radius 2 is 2.00 bits per heavy atom. The van der Waals surface area contributed by atoms with Crippen molar-refractivity contribution in [1.29, 1.82) is 0 Å². The van der Waals surface area contributed by atoms with Crippen molar-refractivity contribution in [3.63, 3.8) is 0 Å². The monoisotopic (exact) mass is 191 g/mol. The molecule has 0 aliphatic heterocycles. The molecule has 0 saturated heterocycles. The number of aliphatic hydroxyl groups is 3. The number of rotatable bonds is 5. The van der Waals surface area contributed by atoms with Gasteiger partial charge in [0.2, 0.25) is 5.91 Å². The van der Waals surface area contributed by atoms with Gasteiger partial charge in [0, 0.05) is 12.0 Å². The zero-order valence-corrected chi connectivity index (χ0v) is 7.95. The Labute approximate surface area is 77.4 Å². The van der Waals surface area contributed by atoms with E-state index in [2.05, 4.69) is 5.32 Å². The lowest BCUT2D eigenvalue weighted by Gasteiger charge is -2.26. The third kappa shape index (κ3) is 3.71. The Balaban J connectivity index is 4.09. The van der Waals surface area contributed by atoms with Crippen LogP contribution in [0.4, 0.5) is 0 Å². The van der Waals surface area contributed by atoms with Crippen LogP contribution in [0.15, 0.2) is 0 Å². The van der Waals surface area contributed by atoms with Gasteiger partial charge in [-0.1, -0.05) is 13.8 Å². The summed E-state index contributed by atoms with van der Waals surface area (Å²) >= 11 is 0. The third-order valence-corrected chi connectivity index (χ3v) is 1.81. The normalized spacial score (nSPS) is 13.9. The molecule has 13 heavy (non-hydrogen) atoms. The highest BCUT2D eigenvalue weighted by molar-refractivity contribution is 5.81. The van der Waals surface area contributed by atoms with E-state index in [1.165, 1.54) is 0 Å². The SMILES string of the molecule is CC(C)(CO)C(O)C(=O)NCCO. The summed E-state index contributed by atoms with van der Waals surface area (Å²) in [5, 5.41) is 29.0. The molecule has 0 spiro atoms. The first-order valence-corrected chi connectivity index (χ1v) is 4.13. The predicted octanol–water partition coefficient (Wildman–Crippen LogP) is -1.53. The van der Waals surface area contributed by atoms with Gasteiger partial charge in [-0.15, -0.1) is 0 Å². The first kappa shape index (κ1) is 12.3. The predicted molar refractivity (Wildman–Crippen MR) is 47.0 cm³/mol. The highest BCUT2D eigenvalue weighted by atomic mass is 16.3. The maximum Gasteiger partial charge on any atom is 0.249 e. The fraction of sp³-hybridized carbons (Fsp3) is 0.875. The van der Waals surface area contributed by atoms with Crippen LogP contribution in [0.1, 0.15) is 13.8 Å². The smallest absolute Gasteiger partial charge is 0.249 e. The lowest BCUT2D eigenvalue weighted by atomic mass is 9.87. The van der Waals surface area contributed by atoms with E-state index in [0.29, 0.717) is 0 Å². The summed E-state index contributed by atoms with van der Waals surface area (Å²) in [6.07, 6.45) is -1.26. The molecular weight excluding hydrogens is 174 g/mol. The molecule has 1 amide bonds. The molecule has 78 valence electrons. The van der Waals surface area contributed by atoms with Gasteiger partial charge in [0.1, 0.15) is 6.10 Å². The summed E-state index contributed by atoms with van der Waals surface area (Å²) in [7, 11) is 0. The lowest BCUT2D eigenvalue weighted by molar-refractivity contribution is -0.137. The van der Waals surface area contributed by atoms with Gasteiger partial charge < -0.3 is 20.6 Å². The van der Waals surface area contributed by atoms with E-state index in [9.17, 15) is 9.90 Å². The van der Waals surface area contributed by atoms with E-state index in [4.69, 9.17) is 10.2 Å². The molecule has 1 atom stereocenters. The summed E-state index contributed by atoms with van der Waals surface area (Å²) in [4.78, 5) is 11.1. The fourth-order valence-electron chi connectivity index (χ4n) is 0.717. The minimum atomic E-state index is -1.26. The van der Waals surface area contributed by atoms with Gasteiger partial charge in [0.15, 0.2) is 0 Å². The number of hydrogen-bond acceptors (Lipinski definition) is 4. The Morgan fingerprint density at radius 1 is 1.46 bits per heavy atom. The van der Waals surface area contributed by atoms with Crippen molar-refractivity contribution in [3.05, 3.63) is 0 Å². The Kier molecular flexibility index (Phi) is 4.90. The standard InChI is InChI=1S/C8H17NO4/c1-8(2,5-11)6(12)7(13)9-3-4-10/h6,10-12H,3-5H2,1-2H3,(H,9,13). The second kappa shape index (κ2) is 5.16. The second-order valence-corrected chi connectivity index (χ2v) is 3.56. The van der Waals surface area contributed by atoms with Gasteiger partial charge in [0.25, 0.3) is 0 Å². The quantitative estimate of drug-likeness (QED) is 0.424. The van der Waals surface area contributed by atoms with Crippen LogP contribution in [-0.2, 0) is 4.79 Å². The van der Waals surface area contributed by atoms with Gasteiger partial charge in [-0.25, -0.2) is 0 Å². The number of carbonyl (C=O) groups is 1. The first-order chi connectivity index (χ1) is 5.95. The van der Waals surface area contributed by atoms with E-state index in [1.807, 2.05) is 0 Å². The van der Waals surface area contributed by atoms with Crippen molar-refractivity contribution in [2.24, 2.45) is 5.41 Å². The first-order valence-electron chi connectivity index (χ1n) is 4.13. The molecule has 5 nitrogen and oxygen atoms in total. The molecule has 0 aromatic rings. The van der Waals surface area contributed by atoms with Crippen molar-refractivity contribution < 1.29 is 20.1 Å². The molecule has 0 aliphatic carbocycles. The number of nitrogens with one attached hydrogen (secondary N) is 1. The number of hydrogen-bond donors (Lipinski definition) is 4. The van der Waals surface area contributed by atoms with Crippen LogP contribution < -0.4 is 5.32 Å². The summed E-state index contributed by atoms with van der Waals surface area (Å²) in [5.41, 5.74) is -0.862. The van der Waals surface area contributed by atoms with Crippen LogP contribution >= 0.6 is 0 Å². The number of aliphatic hydroxyl groups excluding tert-OH is 3. The third-order valence-electron chi connectivity index (χ3n) is 1.81. The number of carbonyl (C=O) groups excluding carboxylic acids is 1. The molecule has 0 radical (unpaired) electrons. The molecule has 0 bridgehead atoms. The minimum absolute atomic E-state index is 0.109. The van der Waals surface area contributed by atoms with Crippen molar-refractivity contribution in [3.8, 4) is 0 Å². The summed E-state index contributed by atoms with van der Waals surface area (Å²) in [5.74, 6) is -0.576. The van der Waals surface area contributed by atoms with Gasteiger partial charge in [-0.05, 0) is 0 Å². The van der Waals surface area contributed by atoms with Gasteiger partial charge >= 0.3 is 0 Å². The molecule has 1 unspecified atom stereocenters. The van der Waals surface area contributed by atoms with E-state index in [1.54, 1.807) is 13.8 Å². The average Bonchev–Trinajstić information content (AvgIpc) is 2.12. The maximum absolute atomic E-state index is 11.1. The minimum Gasteiger partial charge on any atom is -0.396 e. The van der Waals surface area contributed by atoms with E-state index in [-0.39, 0.29) is 19.8 Å². The zero-order valence-electron chi connectivity index (χ0n) is 7.95. The van der Waals surface area contributed by atoms with Crippen LogP contribution in [0.25, 0.3) is 0 Å². The molecule has 4 N–H and O–H groups in total. The largest absolute Gasteiger partial charge is 0.396 e. The number of amides is 1. The van der Waals surface area contributed by atoms with Gasteiger partial charge in [-0.3, -0.25) is 4.79 Å². The van der Waals surface area contributed by atoms with Crippen LogP contribution in [0.2, 0.25) is 0 Å². The van der Waals surface area contributed by atoms with Crippen LogP contribution in [0.5, 0.6) is 0 Å². The van der Waals surface area contributed by atoms with Crippen LogP contribution in [0.3, 0.4) is 0 Å². The highest BCUT2D eigenvalue weighted by Gasteiger charge is 2.32. The maximum atomic E-state index is 11.1. The Morgan fingerprint density at radius 3 is 2.38 bits per heavy atom. The zero-order chi connectivity index (χ0) is 10.5. The van der Waals surface area contributed by atoms with Crippen molar-refractivity contribution in [2.75, 3.05) is 19.8 Å². The highest BCUT2D eigenvalue weighted by Crippen LogP contribution is 2.19. The summed E-state index contributed by atoms with van der Waals surface area (Å²) in [6.45, 7) is 2.82. The van der Waals surface area contributed by atoms with Crippen molar-refractivity contribution in [1.82, 2.24) is 5.32 Å². The van der Waals surface area contributed by atoms with Crippen molar-refractivity contribution in [2.45, 2.75) is 20.0 Å². The Hall–Kier alpha value is -0.650. The molecule has 0 heterocycles. The van der Waals surface area contributed by atoms with E-state index >= 15 is 0 Å². The molecule has 0 aromatic heterocycles. The molecule has 0 saturated carbocycles. The van der Waals surface area contributed by atoms with Crippen LogP contribution in [0, 0.1) is 5.41 Å². The molecular formula is C8H17NO4. The average molecular weight is 191 g/mol. The van der Waals surface area contributed by atoms with Crippen LogP contribution in [-0.4, -0.2) is 47.1 Å². The van der Waals surface area contributed by atoms with Gasteiger partial charge in [-0.2, -0.15) is 0 Å². The molecule has 0 fully saturated rings. The molecule has 5 heteroatoms. The summed E-state index contributed by atoms with van der Waals surface area (Å²) < 4.78 is 0. The van der Waals surface area contributed by atoms with E-state index in [0.717, 1.165) is 0 Å². The summed E-state index contributed by atoms with van der Waals surface area (Å²) in [6, 6.07) is 0. The lowest BCUT2D eigenvalue weighted by Crippen LogP contribution is -2.46. The van der Waals surface area contributed by atoms with E-state index < -0.39 is 17.4 Å². The van der Waals surface area contributed by atoms with Gasteiger partial charge in [0.05, 0.1) is 13.2 Å².